The molecule has 0 aromatic heterocycles. The summed E-state index contributed by atoms with van der Waals surface area (Å²) in [6.07, 6.45) is 2.53. The zero-order chi connectivity index (χ0) is 12.8. The van der Waals surface area contributed by atoms with Gasteiger partial charge in [-0.2, -0.15) is 0 Å². The molecule has 0 saturated carbocycles. The Labute approximate surface area is 120 Å². The summed E-state index contributed by atoms with van der Waals surface area (Å²) in [5.74, 6) is 0.511. The zero-order valence-electron chi connectivity index (χ0n) is 11.3. The number of nitrogens with zero attached hydrogens (tertiary/aromatic N) is 1. The molecular weight excluding hydrogens is 267 g/mol. The summed E-state index contributed by atoms with van der Waals surface area (Å²) < 4.78 is 18.3. The second-order valence-electron chi connectivity index (χ2n) is 4.69. The highest BCUT2D eigenvalue weighted by Gasteiger charge is 2.23. The van der Waals surface area contributed by atoms with Gasteiger partial charge in [-0.25, -0.2) is 4.39 Å². The van der Waals surface area contributed by atoms with E-state index in [9.17, 15) is 4.39 Å². The Balaban J connectivity index is 0.00000180. The van der Waals surface area contributed by atoms with Gasteiger partial charge in [-0.15, -0.1) is 12.4 Å². The fourth-order valence-corrected chi connectivity index (χ4v) is 2.47. The van der Waals surface area contributed by atoms with Gasteiger partial charge in [0.05, 0.1) is 0 Å². The van der Waals surface area contributed by atoms with Gasteiger partial charge in [0.1, 0.15) is 18.2 Å². The van der Waals surface area contributed by atoms with Crippen LogP contribution in [0.4, 0.5) is 4.39 Å². The lowest BCUT2D eigenvalue weighted by atomic mass is 10.2. The van der Waals surface area contributed by atoms with Gasteiger partial charge in [0.15, 0.2) is 0 Å². The Kier molecular flexibility index (Phi) is 7.13. The van der Waals surface area contributed by atoms with Crippen LogP contribution in [-0.4, -0.2) is 44.2 Å². The average Bonchev–Trinajstić information content (AvgIpc) is 2.80. The van der Waals surface area contributed by atoms with Crippen LogP contribution in [-0.2, 0) is 0 Å². The molecule has 1 aromatic carbocycles. The fourth-order valence-electron chi connectivity index (χ4n) is 2.47. The number of ether oxygens (including phenoxy) is 1. The summed E-state index contributed by atoms with van der Waals surface area (Å²) in [6, 6.07) is 6.82. The standard InChI is InChI=1S/C14H21FN2O.ClH/c1-16-11-13-3-2-8-17(13)9-10-18-14-6-4-12(15)5-7-14;/h4-7,13,16H,2-3,8-11H2,1H3;1H. The van der Waals surface area contributed by atoms with Gasteiger partial charge < -0.3 is 10.1 Å². The number of halogens is 2. The molecule has 1 aliphatic rings. The molecular formula is C14H22ClFN2O. The molecule has 1 aromatic rings. The molecule has 1 atom stereocenters. The summed E-state index contributed by atoms with van der Waals surface area (Å²) >= 11 is 0. The number of rotatable bonds is 6. The Bertz CT molecular complexity index is 361. The first-order valence-electron chi connectivity index (χ1n) is 6.56. The van der Waals surface area contributed by atoms with E-state index in [-0.39, 0.29) is 18.2 Å². The summed E-state index contributed by atoms with van der Waals surface area (Å²) in [6.45, 7) is 3.78. The molecule has 5 heteroatoms. The first-order valence-corrected chi connectivity index (χ1v) is 6.56. The maximum atomic E-state index is 12.7. The van der Waals surface area contributed by atoms with Crippen molar-refractivity contribution in [3.63, 3.8) is 0 Å². The van der Waals surface area contributed by atoms with Gasteiger partial charge in [-0.3, -0.25) is 4.90 Å². The number of likely N-dealkylation sites (tertiary alicyclic amines) is 1. The quantitative estimate of drug-likeness (QED) is 0.869. The molecule has 1 fully saturated rings. The average molecular weight is 289 g/mol. The Morgan fingerprint density at radius 1 is 1.37 bits per heavy atom. The zero-order valence-corrected chi connectivity index (χ0v) is 12.1. The van der Waals surface area contributed by atoms with Gasteiger partial charge in [0, 0.05) is 19.1 Å². The minimum absolute atomic E-state index is 0. The van der Waals surface area contributed by atoms with Gasteiger partial charge in [0.2, 0.25) is 0 Å². The third-order valence-electron chi connectivity index (χ3n) is 3.40. The van der Waals surface area contributed by atoms with Crippen LogP contribution in [0.5, 0.6) is 5.75 Å². The highest BCUT2D eigenvalue weighted by atomic mass is 35.5. The molecule has 19 heavy (non-hydrogen) atoms. The van der Waals surface area contributed by atoms with E-state index in [4.69, 9.17) is 4.74 Å². The largest absolute Gasteiger partial charge is 0.492 e. The van der Waals surface area contributed by atoms with Crippen molar-refractivity contribution in [2.45, 2.75) is 18.9 Å². The molecule has 1 aliphatic heterocycles. The lowest BCUT2D eigenvalue weighted by molar-refractivity contribution is 0.195. The van der Waals surface area contributed by atoms with Gasteiger partial charge >= 0.3 is 0 Å². The summed E-state index contributed by atoms with van der Waals surface area (Å²) in [7, 11) is 1.99. The van der Waals surface area contributed by atoms with E-state index in [1.54, 1.807) is 12.1 Å². The van der Waals surface area contributed by atoms with Gasteiger partial charge in [0.25, 0.3) is 0 Å². The number of likely N-dealkylation sites (N-methyl/N-ethyl adjacent to an activating group) is 1. The molecule has 0 spiro atoms. The second kappa shape index (κ2) is 8.35. The smallest absolute Gasteiger partial charge is 0.123 e. The summed E-state index contributed by atoms with van der Waals surface area (Å²) in [5.41, 5.74) is 0. The monoisotopic (exact) mass is 288 g/mol. The highest BCUT2D eigenvalue weighted by molar-refractivity contribution is 5.85. The number of hydrogen-bond donors (Lipinski definition) is 1. The number of nitrogens with one attached hydrogen (secondary N) is 1. The van der Waals surface area contributed by atoms with Crippen LogP contribution >= 0.6 is 12.4 Å². The van der Waals surface area contributed by atoms with E-state index in [0.29, 0.717) is 12.6 Å². The lowest BCUT2D eigenvalue weighted by Gasteiger charge is -2.24. The van der Waals surface area contributed by atoms with Crippen LogP contribution in [0.15, 0.2) is 24.3 Å². The van der Waals surface area contributed by atoms with Crippen molar-refractivity contribution in [1.29, 1.82) is 0 Å². The predicted octanol–water partition coefficient (Wildman–Crippen LogP) is 2.31. The van der Waals surface area contributed by atoms with Crippen LogP contribution in [0.1, 0.15) is 12.8 Å². The molecule has 1 saturated heterocycles. The molecule has 2 rings (SSSR count). The van der Waals surface area contributed by atoms with Crippen molar-refractivity contribution in [2.24, 2.45) is 0 Å². The van der Waals surface area contributed by atoms with Crippen LogP contribution in [0, 0.1) is 5.82 Å². The summed E-state index contributed by atoms with van der Waals surface area (Å²) in [5, 5.41) is 3.23. The van der Waals surface area contributed by atoms with Crippen molar-refractivity contribution >= 4 is 12.4 Å². The van der Waals surface area contributed by atoms with E-state index < -0.39 is 0 Å². The molecule has 0 bridgehead atoms. The van der Waals surface area contributed by atoms with E-state index in [1.165, 1.54) is 25.0 Å². The minimum Gasteiger partial charge on any atom is -0.492 e. The topological polar surface area (TPSA) is 24.5 Å². The molecule has 108 valence electrons. The van der Waals surface area contributed by atoms with Crippen LogP contribution in [0.25, 0.3) is 0 Å². The SMILES string of the molecule is CNCC1CCCN1CCOc1ccc(F)cc1.Cl. The molecule has 0 aliphatic carbocycles. The molecule has 1 unspecified atom stereocenters. The Hall–Kier alpha value is -0.840. The predicted molar refractivity (Wildman–Crippen MR) is 77.7 cm³/mol. The molecule has 0 radical (unpaired) electrons. The van der Waals surface area contributed by atoms with Crippen LogP contribution in [0.2, 0.25) is 0 Å². The lowest BCUT2D eigenvalue weighted by Crippen LogP contribution is -2.38. The second-order valence-corrected chi connectivity index (χ2v) is 4.69. The molecule has 1 N–H and O–H groups in total. The third kappa shape index (κ3) is 4.97. The van der Waals surface area contributed by atoms with E-state index in [2.05, 4.69) is 10.2 Å². The summed E-state index contributed by atoms with van der Waals surface area (Å²) in [4.78, 5) is 2.46. The molecule has 1 heterocycles. The van der Waals surface area contributed by atoms with E-state index in [0.717, 1.165) is 25.4 Å². The maximum absolute atomic E-state index is 12.7. The normalized spacial score (nSPS) is 19.2. The number of benzene rings is 1. The first-order chi connectivity index (χ1) is 8.79. The van der Waals surface area contributed by atoms with Crippen molar-refractivity contribution in [3.05, 3.63) is 30.1 Å². The van der Waals surface area contributed by atoms with E-state index >= 15 is 0 Å². The maximum Gasteiger partial charge on any atom is 0.123 e. The molecule has 3 nitrogen and oxygen atoms in total. The third-order valence-corrected chi connectivity index (χ3v) is 3.40. The number of hydrogen-bond acceptors (Lipinski definition) is 3. The Morgan fingerprint density at radius 3 is 2.79 bits per heavy atom. The Morgan fingerprint density at radius 2 is 2.11 bits per heavy atom. The van der Waals surface area contributed by atoms with Gasteiger partial charge in [-0.1, -0.05) is 0 Å². The van der Waals surface area contributed by atoms with E-state index in [1.807, 2.05) is 7.05 Å². The molecule has 0 amide bonds. The van der Waals surface area contributed by atoms with Gasteiger partial charge in [-0.05, 0) is 50.7 Å². The van der Waals surface area contributed by atoms with Crippen molar-refractivity contribution in [2.75, 3.05) is 33.3 Å². The van der Waals surface area contributed by atoms with Crippen molar-refractivity contribution in [3.8, 4) is 5.75 Å². The highest BCUT2D eigenvalue weighted by Crippen LogP contribution is 2.16. The van der Waals surface area contributed by atoms with Crippen molar-refractivity contribution in [1.82, 2.24) is 10.2 Å². The van der Waals surface area contributed by atoms with Crippen molar-refractivity contribution < 1.29 is 9.13 Å². The fraction of sp³-hybridized carbons (Fsp3) is 0.571. The first kappa shape index (κ1) is 16.2. The minimum atomic E-state index is -0.226. The van der Waals surface area contributed by atoms with Crippen LogP contribution < -0.4 is 10.1 Å². The van der Waals surface area contributed by atoms with Crippen LogP contribution in [0.3, 0.4) is 0 Å².